The molecule has 5 nitrogen and oxygen atoms in total. The zero-order chi connectivity index (χ0) is 14.3. The van der Waals surface area contributed by atoms with Crippen molar-refractivity contribution in [3.63, 3.8) is 0 Å². The van der Waals surface area contributed by atoms with Gasteiger partial charge in [-0.15, -0.1) is 6.42 Å². The number of guanidine groups is 1. The van der Waals surface area contributed by atoms with Crippen molar-refractivity contribution in [1.29, 1.82) is 0 Å². The number of aliphatic imine (C=N–C) groups is 1. The van der Waals surface area contributed by atoms with Crippen molar-refractivity contribution in [1.82, 2.24) is 0 Å². The number of anilines is 1. The molecule has 1 aromatic carbocycles. The quantitative estimate of drug-likeness (QED) is 0.482. The summed E-state index contributed by atoms with van der Waals surface area (Å²) >= 11 is 0. The molecule has 0 bridgehead atoms. The smallest absolute Gasteiger partial charge is 0.194 e. The first kappa shape index (κ1) is 14.7. The monoisotopic (exact) mass is 261 g/mol. The molecule has 102 valence electrons. The van der Waals surface area contributed by atoms with Gasteiger partial charge in [-0.2, -0.15) is 0 Å². The molecule has 0 aliphatic rings. The summed E-state index contributed by atoms with van der Waals surface area (Å²) in [6.45, 7) is 1.96. The molecule has 0 aliphatic heterocycles. The second-order valence-electron chi connectivity index (χ2n) is 3.80. The van der Waals surface area contributed by atoms with Gasteiger partial charge in [-0.05, 0) is 18.6 Å². The Balaban J connectivity index is 2.86. The van der Waals surface area contributed by atoms with Crippen LogP contribution in [0.2, 0.25) is 0 Å². The van der Waals surface area contributed by atoms with Crippen molar-refractivity contribution >= 4 is 11.6 Å². The first-order valence-electron chi connectivity index (χ1n) is 5.93. The van der Waals surface area contributed by atoms with E-state index in [2.05, 4.69) is 16.2 Å². The van der Waals surface area contributed by atoms with Crippen molar-refractivity contribution in [2.24, 2.45) is 10.7 Å². The topological polar surface area (TPSA) is 68.9 Å². The normalized spacial score (nSPS) is 12.4. The fraction of sp³-hybridized carbons (Fsp3) is 0.357. The highest BCUT2D eigenvalue weighted by molar-refractivity contribution is 5.92. The number of nitrogens with zero attached hydrogens (tertiary/aromatic N) is 1. The van der Waals surface area contributed by atoms with E-state index in [4.69, 9.17) is 21.6 Å². The van der Waals surface area contributed by atoms with Gasteiger partial charge in [-0.3, -0.25) is 0 Å². The Hall–Kier alpha value is -2.35. The molecule has 0 saturated heterocycles. The van der Waals surface area contributed by atoms with Gasteiger partial charge in [0.2, 0.25) is 0 Å². The molecule has 0 heterocycles. The lowest BCUT2D eigenvalue weighted by molar-refractivity contribution is 0.355. The Morgan fingerprint density at radius 2 is 2.11 bits per heavy atom. The largest absolute Gasteiger partial charge is 0.493 e. The number of hydrogen-bond acceptors (Lipinski definition) is 3. The number of nitrogens with two attached hydrogens (primary N) is 1. The van der Waals surface area contributed by atoms with E-state index >= 15 is 0 Å². The highest BCUT2D eigenvalue weighted by Gasteiger charge is 2.06. The number of ether oxygens (including phenoxy) is 2. The maximum Gasteiger partial charge on any atom is 0.194 e. The molecule has 0 saturated carbocycles. The lowest BCUT2D eigenvalue weighted by Gasteiger charge is -2.11. The first-order valence-corrected chi connectivity index (χ1v) is 5.93. The Morgan fingerprint density at radius 3 is 2.63 bits per heavy atom. The van der Waals surface area contributed by atoms with E-state index in [0.29, 0.717) is 11.5 Å². The first-order chi connectivity index (χ1) is 9.14. The average molecular weight is 261 g/mol. The van der Waals surface area contributed by atoms with Crippen LogP contribution < -0.4 is 20.5 Å². The van der Waals surface area contributed by atoms with Crippen LogP contribution >= 0.6 is 0 Å². The molecule has 0 radical (unpaired) electrons. The Labute approximate surface area is 113 Å². The zero-order valence-electron chi connectivity index (χ0n) is 11.4. The molecular weight excluding hydrogens is 242 g/mol. The predicted molar refractivity (Wildman–Crippen MR) is 77.7 cm³/mol. The highest BCUT2D eigenvalue weighted by Crippen LogP contribution is 2.29. The van der Waals surface area contributed by atoms with E-state index in [0.717, 1.165) is 12.1 Å². The van der Waals surface area contributed by atoms with Gasteiger partial charge in [-0.25, -0.2) is 4.99 Å². The van der Waals surface area contributed by atoms with Crippen LogP contribution in [-0.4, -0.2) is 26.2 Å². The summed E-state index contributed by atoms with van der Waals surface area (Å²) in [4.78, 5) is 4.18. The van der Waals surface area contributed by atoms with Crippen LogP contribution in [0.25, 0.3) is 0 Å². The minimum absolute atomic E-state index is 0.215. The molecule has 1 atom stereocenters. The SMILES string of the molecule is C#CC(CC)N=C(N)Nc1ccc(OC)c(OC)c1. The van der Waals surface area contributed by atoms with Gasteiger partial charge in [0.25, 0.3) is 0 Å². The van der Waals surface area contributed by atoms with E-state index in [1.54, 1.807) is 26.4 Å². The number of rotatable bonds is 5. The fourth-order valence-electron chi connectivity index (χ4n) is 1.51. The van der Waals surface area contributed by atoms with Crippen molar-refractivity contribution in [2.45, 2.75) is 19.4 Å². The molecule has 0 aliphatic carbocycles. The molecule has 0 amide bonds. The summed E-state index contributed by atoms with van der Waals surface area (Å²) in [7, 11) is 3.16. The van der Waals surface area contributed by atoms with Crippen molar-refractivity contribution in [3.8, 4) is 23.8 Å². The maximum atomic E-state index is 5.79. The summed E-state index contributed by atoms with van der Waals surface area (Å²) in [5.41, 5.74) is 6.55. The average Bonchev–Trinajstić information content (AvgIpc) is 2.44. The van der Waals surface area contributed by atoms with Crippen LogP contribution in [0.3, 0.4) is 0 Å². The van der Waals surface area contributed by atoms with Crippen LogP contribution in [0.15, 0.2) is 23.2 Å². The summed E-state index contributed by atoms with van der Waals surface area (Å²) in [5, 5.41) is 2.96. The summed E-state index contributed by atoms with van der Waals surface area (Å²) in [6.07, 6.45) is 6.07. The molecule has 19 heavy (non-hydrogen) atoms. The fourth-order valence-corrected chi connectivity index (χ4v) is 1.51. The maximum absolute atomic E-state index is 5.79. The number of benzene rings is 1. The third-order valence-electron chi connectivity index (χ3n) is 2.53. The van der Waals surface area contributed by atoms with Gasteiger partial charge in [0.15, 0.2) is 17.5 Å². The Kier molecular flexibility index (Phi) is 5.55. The minimum atomic E-state index is -0.215. The second-order valence-corrected chi connectivity index (χ2v) is 3.80. The van der Waals surface area contributed by atoms with E-state index in [1.807, 2.05) is 13.0 Å². The third kappa shape index (κ3) is 4.11. The van der Waals surface area contributed by atoms with Gasteiger partial charge < -0.3 is 20.5 Å². The standard InChI is InChI=1S/C14H19N3O2/c1-5-10(6-2)16-14(15)17-11-7-8-12(18-3)13(9-11)19-4/h1,7-10H,6H2,2-4H3,(H3,15,16,17). The lowest BCUT2D eigenvalue weighted by atomic mass is 10.2. The molecule has 3 N–H and O–H groups in total. The molecule has 0 aromatic heterocycles. The second kappa shape index (κ2) is 7.17. The molecule has 0 fully saturated rings. The molecule has 1 unspecified atom stereocenters. The van der Waals surface area contributed by atoms with E-state index in [-0.39, 0.29) is 12.0 Å². The summed E-state index contributed by atoms with van der Waals surface area (Å²) in [6, 6.07) is 5.17. The molecular formula is C14H19N3O2. The third-order valence-corrected chi connectivity index (χ3v) is 2.53. The Bertz CT molecular complexity index is 492. The molecule has 1 aromatic rings. The molecule has 5 heteroatoms. The minimum Gasteiger partial charge on any atom is -0.493 e. The molecule has 1 rings (SSSR count). The van der Waals surface area contributed by atoms with E-state index in [9.17, 15) is 0 Å². The number of terminal acetylenes is 1. The van der Waals surface area contributed by atoms with Gasteiger partial charge in [0, 0.05) is 11.8 Å². The van der Waals surface area contributed by atoms with Crippen molar-refractivity contribution < 1.29 is 9.47 Å². The van der Waals surface area contributed by atoms with Gasteiger partial charge in [-0.1, -0.05) is 12.8 Å². The van der Waals surface area contributed by atoms with Crippen LogP contribution in [0.1, 0.15) is 13.3 Å². The Morgan fingerprint density at radius 1 is 1.42 bits per heavy atom. The number of hydrogen-bond donors (Lipinski definition) is 2. The van der Waals surface area contributed by atoms with Crippen LogP contribution in [0.4, 0.5) is 5.69 Å². The summed E-state index contributed by atoms with van der Waals surface area (Å²) < 4.78 is 10.4. The van der Waals surface area contributed by atoms with Crippen LogP contribution in [0, 0.1) is 12.3 Å². The van der Waals surface area contributed by atoms with Gasteiger partial charge in [0.05, 0.1) is 14.2 Å². The van der Waals surface area contributed by atoms with Gasteiger partial charge >= 0.3 is 0 Å². The van der Waals surface area contributed by atoms with Gasteiger partial charge in [0.1, 0.15) is 6.04 Å². The number of methoxy groups -OCH3 is 2. The lowest BCUT2D eigenvalue weighted by Crippen LogP contribution is -2.24. The van der Waals surface area contributed by atoms with Crippen molar-refractivity contribution in [2.75, 3.05) is 19.5 Å². The van der Waals surface area contributed by atoms with Crippen LogP contribution in [-0.2, 0) is 0 Å². The summed E-state index contributed by atoms with van der Waals surface area (Å²) in [5.74, 6) is 4.10. The van der Waals surface area contributed by atoms with Crippen molar-refractivity contribution in [3.05, 3.63) is 18.2 Å². The van der Waals surface area contributed by atoms with E-state index in [1.165, 1.54) is 0 Å². The predicted octanol–water partition coefficient (Wildman–Crippen LogP) is 1.84. The number of nitrogens with one attached hydrogen (secondary N) is 1. The van der Waals surface area contributed by atoms with Crippen LogP contribution in [0.5, 0.6) is 11.5 Å². The van der Waals surface area contributed by atoms with E-state index < -0.39 is 0 Å². The molecule has 0 spiro atoms. The zero-order valence-corrected chi connectivity index (χ0v) is 11.4. The highest BCUT2D eigenvalue weighted by atomic mass is 16.5.